The van der Waals surface area contributed by atoms with Gasteiger partial charge in [-0.3, -0.25) is 0 Å². The number of rotatable bonds is 8. The van der Waals surface area contributed by atoms with E-state index in [1.54, 1.807) is 7.11 Å². The Kier molecular flexibility index (Phi) is 6.62. The first-order valence-electron chi connectivity index (χ1n) is 8.06. The number of ether oxygens (including phenoxy) is 2. The maximum Gasteiger partial charge on any atom is 0.120 e. The van der Waals surface area contributed by atoms with E-state index in [0.29, 0.717) is 13.2 Å². The molecule has 2 aromatic carbocycles. The molecular formula is C20H26O2Si. The van der Waals surface area contributed by atoms with Gasteiger partial charge in [-0.05, 0) is 23.7 Å². The molecule has 0 bridgehead atoms. The molecule has 2 aromatic rings. The van der Waals surface area contributed by atoms with Gasteiger partial charge in [0.15, 0.2) is 0 Å². The molecule has 0 atom stereocenters. The number of hydrogen-bond acceptors (Lipinski definition) is 2. The van der Waals surface area contributed by atoms with E-state index in [-0.39, 0.29) is 0 Å². The third-order valence-corrected chi connectivity index (χ3v) is 7.06. The van der Waals surface area contributed by atoms with Crippen LogP contribution in [0.25, 0.3) is 6.08 Å². The van der Waals surface area contributed by atoms with E-state index in [2.05, 4.69) is 67.7 Å². The quantitative estimate of drug-likeness (QED) is 0.531. The van der Waals surface area contributed by atoms with E-state index in [1.165, 1.54) is 10.8 Å². The zero-order chi connectivity index (χ0) is 16.5. The molecule has 0 aliphatic carbocycles. The fourth-order valence-electron chi connectivity index (χ4n) is 2.45. The molecule has 0 aliphatic rings. The van der Waals surface area contributed by atoms with Crippen LogP contribution in [0.15, 0.2) is 60.7 Å². The van der Waals surface area contributed by atoms with Crippen LogP contribution in [-0.4, -0.2) is 28.4 Å². The van der Waals surface area contributed by atoms with Gasteiger partial charge in [-0.25, -0.2) is 0 Å². The normalized spacial score (nSPS) is 11.8. The number of methoxy groups -OCH3 is 1. The summed E-state index contributed by atoms with van der Waals surface area (Å²) in [5.41, 5.74) is 1.18. The zero-order valence-electron chi connectivity index (χ0n) is 14.3. The topological polar surface area (TPSA) is 18.5 Å². The molecule has 3 heteroatoms. The highest BCUT2D eigenvalue weighted by Gasteiger charge is 2.20. The minimum Gasteiger partial charge on any atom is -0.491 e. The van der Waals surface area contributed by atoms with Gasteiger partial charge in [0.25, 0.3) is 0 Å². The molecule has 2 rings (SSSR count). The van der Waals surface area contributed by atoms with Crippen molar-refractivity contribution in [3.63, 3.8) is 0 Å². The summed E-state index contributed by atoms with van der Waals surface area (Å²) in [5.74, 6) is 0.892. The predicted octanol–water partition coefficient (Wildman–Crippen LogP) is 4.34. The smallest absolute Gasteiger partial charge is 0.120 e. The van der Waals surface area contributed by atoms with Crippen molar-refractivity contribution in [1.29, 1.82) is 0 Å². The van der Waals surface area contributed by atoms with Crippen molar-refractivity contribution in [2.75, 3.05) is 20.3 Å². The van der Waals surface area contributed by atoms with Crippen LogP contribution in [0.5, 0.6) is 5.75 Å². The summed E-state index contributed by atoms with van der Waals surface area (Å²) in [5, 5.41) is 1.50. The van der Waals surface area contributed by atoms with Crippen molar-refractivity contribution in [3.05, 3.63) is 66.2 Å². The molecule has 0 N–H and O–H groups in total. The molecule has 0 aliphatic heterocycles. The highest BCUT2D eigenvalue weighted by atomic mass is 28.3. The molecule has 0 saturated heterocycles. The second-order valence-corrected chi connectivity index (χ2v) is 11.0. The van der Waals surface area contributed by atoms with Crippen molar-refractivity contribution >= 4 is 19.3 Å². The first kappa shape index (κ1) is 17.5. The molecule has 0 radical (unpaired) electrons. The van der Waals surface area contributed by atoms with Gasteiger partial charge in [-0.2, -0.15) is 0 Å². The highest BCUT2D eigenvalue weighted by molar-refractivity contribution is 6.90. The first-order chi connectivity index (χ1) is 11.1. The third kappa shape index (κ3) is 5.70. The van der Waals surface area contributed by atoms with Crippen molar-refractivity contribution in [3.8, 4) is 5.75 Å². The van der Waals surface area contributed by atoms with Crippen LogP contribution < -0.4 is 9.92 Å². The van der Waals surface area contributed by atoms with Crippen molar-refractivity contribution in [2.45, 2.75) is 19.1 Å². The number of benzene rings is 2. The average molecular weight is 327 g/mol. The Bertz CT molecular complexity index is 621. The van der Waals surface area contributed by atoms with Crippen molar-refractivity contribution in [2.24, 2.45) is 0 Å². The molecule has 0 fully saturated rings. The maximum atomic E-state index is 5.65. The summed E-state index contributed by atoms with van der Waals surface area (Å²) in [7, 11) is 0.274. The lowest BCUT2D eigenvalue weighted by atomic mass is 10.2. The molecule has 2 nitrogen and oxygen atoms in total. The van der Waals surface area contributed by atoms with Gasteiger partial charge in [-0.15, -0.1) is 0 Å². The molecule has 0 unspecified atom stereocenters. The molecule has 0 saturated carbocycles. The number of allylic oxidation sites excluding steroid dienone is 1. The Morgan fingerprint density at radius 1 is 0.957 bits per heavy atom. The van der Waals surface area contributed by atoms with Crippen LogP contribution >= 0.6 is 0 Å². The minimum absolute atomic E-state index is 0.581. The van der Waals surface area contributed by atoms with Gasteiger partial charge in [0.05, 0.1) is 14.7 Å². The molecular weight excluding hydrogens is 300 g/mol. The average Bonchev–Trinajstić information content (AvgIpc) is 2.56. The lowest BCUT2D eigenvalue weighted by molar-refractivity contribution is 0.146. The zero-order valence-corrected chi connectivity index (χ0v) is 15.3. The Labute approximate surface area is 140 Å². The van der Waals surface area contributed by atoms with Crippen LogP contribution in [0, 0.1) is 0 Å². The van der Waals surface area contributed by atoms with E-state index in [4.69, 9.17) is 9.47 Å². The molecule has 0 aromatic heterocycles. The third-order valence-electron chi connectivity index (χ3n) is 3.91. The van der Waals surface area contributed by atoms with Gasteiger partial charge < -0.3 is 9.47 Å². The lowest BCUT2D eigenvalue weighted by Crippen LogP contribution is -2.40. The fourth-order valence-corrected chi connectivity index (χ4v) is 4.49. The van der Waals surface area contributed by atoms with Crippen molar-refractivity contribution in [1.82, 2.24) is 0 Å². The highest BCUT2D eigenvalue weighted by Crippen LogP contribution is 2.16. The van der Waals surface area contributed by atoms with E-state index in [9.17, 15) is 0 Å². The summed E-state index contributed by atoms with van der Waals surface area (Å²) in [6.07, 6.45) is 4.49. The molecule has 23 heavy (non-hydrogen) atoms. The Hall–Kier alpha value is -1.84. The lowest BCUT2D eigenvalue weighted by Gasteiger charge is -2.20. The van der Waals surface area contributed by atoms with Gasteiger partial charge >= 0.3 is 0 Å². The monoisotopic (exact) mass is 326 g/mol. The van der Waals surface area contributed by atoms with Crippen LogP contribution in [0.2, 0.25) is 19.1 Å². The largest absolute Gasteiger partial charge is 0.491 e. The maximum absolute atomic E-state index is 5.65. The molecule has 122 valence electrons. The number of hydrogen-bond donors (Lipinski definition) is 0. The van der Waals surface area contributed by atoms with E-state index in [1.807, 2.05) is 12.1 Å². The second-order valence-electron chi connectivity index (χ2n) is 6.27. The van der Waals surface area contributed by atoms with E-state index < -0.39 is 8.07 Å². The molecule has 0 amide bonds. The summed E-state index contributed by atoms with van der Waals surface area (Å²) in [6, 6.07) is 20.2. The fraction of sp³-hybridized carbons (Fsp3) is 0.300. The minimum atomic E-state index is -1.41. The summed E-state index contributed by atoms with van der Waals surface area (Å²) in [6.45, 7) is 6.02. The van der Waals surface area contributed by atoms with Gasteiger partial charge in [-0.1, -0.05) is 72.9 Å². The predicted molar refractivity (Wildman–Crippen MR) is 101 cm³/mol. The standard InChI is InChI=1S/C20H26O2Si/c1-21-14-15-22-19-11-7-9-18(17-19)10-8-16-23(2,3)20-12-5-4-6-13-20/h4-13,17H,14-16H2,1-3H3/b10-8+. The van der Waals surface area contributed by atoms with Gasteiger partial charge in [0.1, 0.15) is 12.4 Å². The Morgan fingerprint density at radius 3 is 2.48 bits per heavy atom. The van der Waals surface area contributed by atoms with Crippen LogP contribution in [-0.2, 0) is 4.74 Å². The Balaban J connectivity index is 1.96. The molecule has 0 spiro atoms. The SMILES string of the molecule is COCCOc1cccc(/C=C/C[Si](C)(C)c2ccccc2)c1. The first-order valence-corrected chi connectivity index (χ1v) is 11.3. The molecule has 0 heterocycles. The second kappa shape index (κ2) is 8.70. The van der Waals surface area contributed by atoms with E-state index >= 15 is 0 Å². The summed E-state index contributed by atoms with van der Waals surface area (Å²) < 4.78 is 10.7. The van der Waals surface area contributed by atoms with Gasteiger partial charge in [0.2, 0.25) is 0 Å². The van der Waals surface area contributed by atoms with Crippen LogP contribution in [0.1, 0.15) is 5.56 Å². The van der Waals surface area contributed by atoms with Gasteiger partial charge in [0, 0.05) is 7.11 Å². The Morgan fingerprint density at radius 2 is 1.74 bits per heavy atom. The van der Waals surface area contributed by atoms with Crippen LogP contribution in [0.3, 0.4) is 0 Å². The van der Waals surface area contributed by atoms with E-state index in [0.717, 1.165) is 11.8 Å². The van der Waals surface area contributed by atoms with Crippen LogP contribution in [0.4, 0.5) is 0 Å². The summed E-state index contributed by atoms with van der Waals surface area (Å²) in [4.78, 5) is 0. The summed E-state index contributed by atoms with van der Waals surface area (Å²) >= 11 is 0. The van der Waals surface area contributed by atoms with Crippen molar-refractivity contribution < 1.29 is 9.47 Å².